The van der Waals surface area contributed by atoms with Crippen LogP contribution in [0.15, 0.2) is 18.3 Å². The zero-order valence-corrected chi connectivity index (χ0v) is 10.3. The monoisotopic (exact) mass is 265 g/mol. The van der Waals surface area contributed by atoms with E-state index < -0.39 is 9.84 Å². The summed E-state index contributed by atoms with van der Waals surface area (Å²) in [6, 6.07) is 3.36. The van der Waals surface area contributed by atoms with E-state index in [4.69, 9.17) is 0 Å². The van der Waals surface area contributed by atoms with E-state index in [1.165, 1.54) is 4.52 Å². The van der Waals surface area contributed by atoms with Crippen molar-refractivity contribution in [1.82, 2.24) is 14.6 Å². The van der Waals surface area contributed by atoms with Crippen LogP contribution < -0.4 is 0 Å². The summed E-state index contributed by atoms with van der Waals surface area (Å²) in [5, 5.41) is 4.25. The van der Waals surface area contributed by atoms with Gasteiger partial charge in [0, 0.05) is 17.7 Å². The molecular weight excluding hydrogens is 254 g/mol. The predicted molar refractivity (Wildman–Crippen MR) is 64.4 cm³/mol. The molecule has 0 bridgehead atoms. The predicted octanol–water partition coefficient (Wildman–Crippen LogP) is 0.444. The maximum Gasteiger partial charge on any atom is 0.155 e. The highest BCUT2D eigenvalue weighted by Gasteiger charge is 2.31. The molecule has 0 spiro atoms. The Morgan fingerprint density at radius 2 is 2.22 bits per heavy atom. The fraction of sp³-hybridized carbons (Fsp3) is 0.364. The Balaban J connectivity index is 2.01. The van der Waals surface area contributed by atoms with Crippen molar-refractivity contribution in [1.29, 1.82) is 0 Å². The number of rotatable bonds is 2. The lowest BCUT2D eigenvalue weighted by Crippen LogP contribution is -2.05. The van der Waals surface area contributed by atoms with Gasteiger partial charge in [-0.1, -0.05) is 0 Å². The van der Waals surface area contributed by atoms with E-state index in [1.54, 1.807) is 18.3 Å². The standard InChI is InChI=1S/C11H11N3O3S/c15-6-8-1-2-10-12-11(13-14(10)5-8)9-3-4-18(16,17)7-9/h1-2,5-6,9H,3-4,7H2. The second-order valence-electron chi connectivity index (χ2n) is 4.45. The second-order valence-corrected chi connectivity index (χ2v) is 6.68. The van der Waals surface area contributed by atoms with Crippen molar-refractivity contribution in [3.05, 3.63) is 29.7 Å². The number of nitrogens with zero attached hydrogens (tertiary/aromatic N) is 3. The molecular formula is C11H11N3O3S. The molecule has 18 heavy (non-hydrogen) atoms. The minimum atomic E-state index is -2.94. The van der Waals surface area contributed by atoms with E-state index in [2.05, 4.69) is 10.1 Å². The summed E-state index contributed by atoms with van der Waals surface area (Å²) in [7, 11) is -2.94. The van der Waals surface area contributed by atoms with Gasteiger partial charge in [-0.05, 0) is 18.6 Å². The molecule has 0 radical (unpaired) electrons. The molecule has 3 rings (SSSR count). The Bertz CT molecular complexity index is 720. The number of hydrogen-bond donors (Lipinski definition) is 0. The van der Waals surface area contributed by atoms with E-state index in [1.807, 2.05) is 0 Å². The van der Waals surface area contributed by atoms with Gasteiger partial charge in [0.1, 0.15) is 0 Å². The Morgan fingerprint density at radius 3 is 2.89 bits per heavy atom. The number of pyridine rings is 1. The number of carbonyl (C=O) groups excluding carboxylic acids is 1. The van der Waals surface area contributed by atoms with Gasteiger partial charge in [-0.2, -0.15) is 5.10 Å². The quantitative estimate of drug-likeness (QED) is 0.736. The summed E-state index contributed by atoms with van der Waals surface area (Å²) in [5.41, 5.74) is 1.14. The van der Waals surface area contributed by atoms with Crippen LogP contribution in [0.1, 0.15) is 28.5 Å². The van der Waals surface area contributed by atoms with Crippen molar-refractivity contribution >= 4 is 21.8 Å². The van der Waals surface area contributed by atoms with Crippen molar-refractivity contribution in [2.24, 2.45) is 0 Å². The first-order chi connectivity index (χ1) is 8.57. The smallest absolute Gasteiger partial charge is 0.155 e. The summed E-state index contributed by atoms with van der Waals surface area (Å²) < 4.78 is 24.4. The molecule has 7 heteroatoms. The van der Waals surface area contributed by atoms with Crippen LogP contribution >= 0.6 is 0 Å². The Labute approximate surface area is 104 Å². The fourth-order valence-electron chi connectivity index (χ4n) is 2.16. The first kappa shape index (κ1) is 11.3. The van der Waals surface area contributed by atoms with Gasteiger partial charge in [0.05, 0.1) is 11.5 Å². The largest absolute Gasteiger partial charge is 0.298 e. The van der Waals surface area contributed by atoms with Crippen LogP contribution in [-0.2, 0) is 9.84 Å². The van der Waals surface area contributed by atoms with Gasteiger partial charge in [-0.15, -0.1) is 0 Å². The number of hydrogen-bond acceptors (Lipinski definition) is 5. The number of fused-ring (bicyclic) bond motifs is 1. The minimum Gasteiger partial charge on any atom is -0.298 e. The van der Waals surface area contributed by atoms with Crippen molar-refractivity contribution in [3.63, 3.8) is 0 Å². The fourth-order valence-corrected chi connectivity index (χ4v) is 3.90. The lowest BCUT2D eigenvalue weighted by atomic mass is 10.1. The van der Waals surface area contributed by atoms with E-state index in [0.29, 0.717) is 23.5 Å². The molecule has 1 saturated heterocycles. The molecule has 1 atom stereocenters. The molecule has 1 aliphatic heterocycles. The van der Waals surface area contributed by atoms with Gasteiger partial charge >= 0.3 is 0 Å². The highest BCUT2D eigenvalue weighted by Crippen LogP contribution is 2.26. The van der Waals surface area contributed by atoms with Crippen LogP contribution in [0, 0.1) is 0 Å². The summed E-state index contributed by atoms with van der Waals surface area (Å²) in [6.07, 6.45) is 2.89. The van der Waals surface area contributed by atoms with Crippen LogP contribution in [0.5, 0.6) is 0 Å². The molecule has 0 amide bonds. The van der Waals surface area contributed by atoms with Gasteiger partial charge in [0.15, 0.2) is 27.6 Å². The molecule has 94 valence electrons. The van der Waals surface area contributed by atoms with Crippen LogP contribution in [0.2, 0.25) is 0 Å². The molecule has 0 saturated carbocycles. The van der Waals surface area contributed by atoms with Gasteiger partial charge < -0.3 is 0 Å². The van der Waals surface area contributed by atoms with Crippen LogP contribution in [0.3, 0.4) is 0 Å². The van der Waals surface area contributed by atoms with Crippen LogP contribution in [-0.4, -0.2) is 40.8 Å². The third-order valence-electron chi connectivity index (χ3n) is 3.10. The SMILES string of the molecule is O=Cc1ccc2nc(C3CCS(=O)(=O)C3)nn2c1. The van der Waals surface area contributed by atoms with Crippen molar-refractivity contribution in [3.8, 4) is 0 Å². The Kier molecular flexibility index (Phi) is 2.44. The molecule has 0 aromatic carbocycles. The van der Waals surface area contributed by atoms with Gasteiger partial charge in [0.2, 0.25) is 0 Å². The van der Waals surface area contributed by atoms with Crippen molar-refractivity contribution in [2.45, 2.75) is 12.3 Å². The first-order valence-electron chi connectivity index (χ1n) is 5.59. The maximum atomic E-state index is 11.4. The van der Waals surface area contributed by atoms with Gasteiger partial charge in [0.25, 0.3) is 0 Å². The first-order valence-corrected chi connectivity index (χ1v) is 7.41. The average Bonchev–Trinajstić information content (AvgIpc) is 2.90. The van der Waals surface area contributed by atoms with E-state index >= 15 is 0 Å². The van der Waals surface area contributed by atoms with E-state index in [-0.39, 0.29) is 17.4 Å². The number of sulfone groups is 1. The van der Waals surface area contributed by atoms with Gasteiger partial charge in [-0.25, -0.2) is 17.9 Å². The lowest BCUT2D eigenvalue weighted by molar-refractivity contribution is 0.112. The molecule has 6 nitrogen and oxygen atoms in total. The number of aromatic nitrogens is 3. The molecule has 2 aromatic rings. The summed E-state index contributed by atoms with van der Waals surface area (Å²) >= 11 is 0. The average molecular weight is 265 g/mol. The third-order valence-corrected chi connectivity index (χ3v) is 4.87. The highest BCUT2D eigenvalue weighted by atomic mass is 32.2. The molecule has 0 aliphatic carbocycles. The van der Waals surface area contributed by atoms with Gasteiger partial charge in [-0.3, -0.25) is 4.79 Å². The number of aldehydes is 1. The normalized spacial score (nSPS) is 22.3. The molecule has 2 aromatic heterocycles. The summed E-state index contributed by atoms with van der Waals surface area (Å²) in [6.45, 7) is 0. The molecule has 1 fully saturated rings. The van der Waals surface area contributed by atoms with Crippen molar-refractivity contribution in [2.75, 3.05) is 11.5 Å². The Hall–Kier alpha value is -1.76. The summed E-state index contributed by atoms with van der Waals surface area (Å²) in [5.74, 6) is 0.728. The maximum absolute atomic E-state index is 11.4. The molecule has 1 unspecified atom stereocenters. The minimum absolute atomic E-state index is 0.115. The van der Waals surface area contributed by atoms with E-state index in [0.717, 1.165) is 6.29 Å². The zero-order chi connectivity index (χ0) is 12.8. The lowest BCUT2D eigenvalue weighted by Gasteiger charge is -1.98. The highest BCUT2D eigenvalue weighted by molar-refractivity contribution is 7.91. The molecule has 1 aliphatic rings. The molecule has 3 heterocycles. The van der Waals surface area contributed by atoms with Crippen LogP contribution in [0.25, 0.3) is 5.65 Å². The van der Waals surface area contributed by atoms with E-state index in [9.17, 15) is 13.2 Å². The third kappa shape index (κ3) is 1.90. The Morgan fingerprint density at radius 1 is 1.39 bits per heavy atom. The second kappa shape index (κ2) is 3.88. The molecule has 0 N–H and O–H groups in total. The number of carbonyl (C=O) groups is 1. The zero-order valence-electron chi connectivity index (χ0n) is 9.48. The topological polar surface area (TPSA) is 81.4 Å². The summed E-state index contributed by atoms with van der Waals surface area (Å²) in [4.78, 5) is 15.0. The van der Waals surface area contributed by atoms with Crippen molar-refractivity contribution < 1.29 is 13.2 Å². The van der Waals surface area contributed by atoms with Crippen LogP contribution in [0.4, 0.5) is 0 Å².